The van der Waals surface area contributed by atoms with Crippen molar-refractivity contribution in [3.63, 3.8) is 0 Å². The fourth-order valence-corrected chi connectivity index (χ4v) is 5.12. The van der Waals surface area contributed by atoms with Crippen molar-refractivity contribution in [3.8, 4) is 22.4 Å². The van der Waals surface area contributed by atoms with Crippen LogP contribution < -0.4 is 0 Å². The van der Waals surface area contributed by atoms with Crippen LogP contribution in [0.2, 0.25) is 0 Å². The van der Waals surface area contributed by atoms with Gasteiger partial charge in [0.15, 0.2) is 5.78 Å². The average Bonchev–Trinajstić information content (AvgIpc) is 3.10. The van der Waals surface area contributed by atoms with Crippen LogP contribution in [0.3, 0.4) is 0 Å². The number of pyridine rings is 1. The quantitative estimate of drug-likeness (QED) is 0.0684. The van der Waals surface area contributed by atoms with E-state index in [1.807, 2.05) is 0 Å². The number of hydrogen-bond donors (Lipinski definition) is 1. The summed E-state index contributed by atoms with van der Waals surface area (Å²) in [5, 5.41) is 12.1. The Kier molecular flexibility index (Phi) is 8.77. The molecule has 6 rings (SSSR count). The van der Waals surface area contributed by atoms with E-state index in [-0.39, 0.29) is 45.5 Å². The van der Waals surface area contributed by atoms with E-state index in [2.05, 4.69) is 105 Å². The number of rotatable bonds is 2. The first-order valence-electron chi connectivity index (χ1n) is 12.1. The predicted octanol–water partition coefficient (Wildman–Crippen LogP) is 7.82. The number of nitrogens with zero attached hydrogens (tertiary/aromatic N) is 1. The monoisotopic (exact) mass is 674 g/mol. The van der Waals surface area contributed by atoms with Crippen LogP contribution in [0, 0.1) is 6.07 Å². The van der Waals surface area contributed by atoms with E-state index < -0.39 is 0 Å². The molecule has 1 aromatic heterocycles. The van der Waals surface area contributed by atoms with Crippen LogP contribution >= 0.6 is 0 Å². The average molecular weight is 674 g/mol. The molecule has 190 valence electrons. The summed E-state index contributed by atoms with van der Waals surface area (Å²) in [6.45, 7) is 7.46. The Morgan fingerprint density at radius 3 is 2.29 bits per heavy atom. The van der Waals surface area contributed by atoms with Gasteiger partial charge in [0, 0.05) is 40.0 Å². The SMILES string of the molecule is CC(=O)C=C(C)O.CC1(C)c2ccccc2-c2c[c-]c(-c3ccc4c(ccc5ccccc54)n3)cc21.[B].[Ir]. The molecule has 5 aromatic rings. The minimum atomic E-state index is -0.125. The van der Waals surface area contributed by atoms with Crippen LogP contribution in [0.1, 0.15) is 38.8 Å². The molecule has 0 atom stereocenters. The Bertz CT molecular complexity index is 1670. The predicted molar refractivity (Wildman–Crippen MR) is 154 cm³/mol. The fraction of sp³-hybridized carbons (Fsp3) is 0.152. The number of benzene rings is 4. The number of carbonyl (C=O) groups excluding carboxylic acids is 1. The number of fused-ring (bicyclic) bond motifs is 6. The zero-order valence-electron chi connectivity index (χ0n) is 21.9. The zero-order chi connectivity index (χ0) is 25.4. The second kappa shape index (κ2) is 11.5. The minimum absolute atomic E-state index is 0. The summed E-state index contributed by atoms with van der Waals surface area (Å²) < 4.78 is 0. The molecule has 4 radical (unpaired) electrons. The molecule has 0 saturated carbocycles. The number of carbonyl (C=O) groups is 1. The number of ketones is 1. The summed E-state index contributed by atoms with van der Waals surface area (Å²) >= 11 is 0. The third kappa shape index (κ3) is 5.36. The second-order valence-electron chi connectivity index (χ2n) is 9.79. The molecule has 1 aliphatic carbocycles. The maximum absolute atomic E-state index is 10.0. The summed E-state index contributed by atoms with van der Waals surface area (Å²) in [5.74, 6) is -0.0625. The van der Waals surface area contributed by atoms with E-state index in [0.717, 1.165) is 16.8 Å². The van der Waals surface area contributed by atoms with E-state index in [1.54, 1.807) is 0 Å². The molecule has 4 aromatic carbocycles. The van der Waals surface area contributed by atoms with Crippen molar-refractivity contribution in [3.05, 3.63) is 114 Å². The Balaban J connectivity index is 0.000000397. The molecule has 0 amide bonds. The molecule has 0 aliphatic heterocycles. The largest absolute Gasteiger partial charge is 0.512 e. The van der Waals surface area contributed by atoms with Gasteiger partial charge in [0.1, 0.15) is 0 Å². The topological polar surface area (TPSA) is 50.2 Å². The van der Waals surface area contributed by atoms with Crippen LogP contribution in [0.4, 0.5) is 0 Å². The van der Waals surface area contributed by atoms with Crippen molar-refractivity contribution in [2.45, 2.75) is 33.1 Å². The molecule has 0 spiro atoms. The van der Waals surface area contributed by atoms with Gasteiger partial charge in [-0.3, -0.25) is 9.78 Å². The van der Waals surface area contributed by atoms with E-state index in [4.69, 9.17) is 10.1 Å². The van der Waals surface area contributed by atoms with Crippen LogP contribution in [-0.2, 0) is 30.3 Å². The van der Waals surface area contributed by atoms with Gasteiger partial charge in [0.05, 0.1) is 11.3 Å². The van der Waals surface area contributed by atoms with E-state index >= 15 is 0 Å². The molecular weight excluding hydrogens is 645 g/mol. The molecular formula is C33H28BIrNO2-. The normalized spacial score (nSPS) is 12.9. The third-order valence-corrected chi connectivity index (χ3v) is 6.80. The fourth-order valence-electron chi connectivity index (χ4n) is 5.12. The van der Waals surface area contributed by atoms with Gasteiger partial charge in [-0.05, 0) is 47.4 Å². The van der Waals surface area contributed by atoms with Gasteiger partial charge < -0.3 is 5.11 Å². The number of allylic oxidation sites excluding steroid dienone is 2. The molecule has 0 saturated heterocycles. The van der Waals surface area contributed by atoms with Crippen molar-refractivity contribution < 1.29 is 30.0 Å². The summed E-state index contributed by atoms with van der Waals surface area (Å²) in [4.78, 5) is 15.0. The van der Waals surface area contributed by atoms with E-state index in [0.29, 0.717) is 0 Å². The van der Waals surface area contributed by atoms with Gasteiger partial charge in [0.25, 0.3) is 0 Å². The molecule has 38 heavy (non-hydrogen) atoms. The van der Waals surface area contributed by atoms with Crippen molar-refractivity contribution in [2.75, 3.05) is 0 Å². The van der Waals surface area contributed by atoms with Gasteiger partial charge in [-0.25, -0.2) is 0 Å². The smallest absolute Gasteiger partial charge is 0.155 e. The summed E-state index contributed by atoms with van der Waals surface area (Å²) in [7, 11) is 0. The maximum Gasteiger partial charge on any atom is 0.155 e. The van der Waals surface area contributed by atoms with Gasteiger partial charge >= 0.3 is 0 Å². The molecule has 3 nitrogen and oxygen atoms in total. The van der Waals surface area contributed by atoms with Gasteiger partial charge in [-0.15, -0.1) is 29.3 Å². The zero-order valence-corrected chi connectivity index (χ0v) is 24.3. The minimum Gasteiger partial charge on any atom is -0.512 e. The number of hydrogen-bond acceptors (Lipinski definition) is 3. The van der Waals surface area contributed by atoms with Crippen molar-refractivity contribution in [1.29, 1.82) is 0 Å². The first-order chi connectivity index (χ1) is 17.3. The maximum atomic E-state index is 10.0. The van der Waals surface area contributed by atoms with Crippen LogP contribution in [0.25, 0.3) is 44.1 Å². The Labute approximate surface area is 239 Å². The summed E-state index contributed by atoms with van der Waals surface area (Å²) in [6.07, 6.45) is 1.17. The third-order valence-electron chi connectivity index (χ3n) is 6.80. The van der Waals surface area contributed by atoms with Gasteiger partial charge in [-0.1, -0.05) is 91.7 Å². The number of aliphatic hydroxyl groups is 1. The second-order valence-corrected chi connectivity index (χ2v) is 9.79. The molecule has 0 fully saturated rings. The van der Waals surface area contributed by atoms with Crippen molar-refractivity contribution in [1.82, 2.24) is 4.98 Å². The van der Waals surface area contributed by atoms with E-state index in [1.165, 1.54) is 58.3 Å². The Morgan fingerprint density at radius 1 is 0.868 bits per heavy atom. The summed E-state index contributed by atoms with van der Waals surface area (Å²) in [5.41, 5.74) is 8.41. The molecule has 0 unspecified atom stereocenters. The molecule has 0 bridgehead atoms. The Hall–Kier alpha value is -3.53. The van der Waals surface area contributed by atoms with E-state index in [9.17, 15) is 4.79 Å². The van der Waals surface area contributed by atoms with Crippen molar-refractivity contribution >= 4 is 35.9 Å². The first kappa shape index (κ1) is 29.0. The van der Waals surface area contributed by atoms with Crippen LogP contribution in [0.5, 0.6) is 0 Å². The summed E-state index contributed by atoms with van der Waals surface area (Å²) in [6, 6.07) is 33.7. The molecule has 1 aliphatic rings. The van der Waals surface area contributed by atoms with Gasteiger partial charge in [-0.2, -0.15) is 0 Å². The Morgan fingerprint density at radius 2 is 1.58 bits per heavy atom. The van der Waals surface area contributed by atoms with Gasteiger partial charge in [0.2, 0.25) is 0 Å². The molecule has 5 heteroatoms. The molecule has 1 N–H and O–H groups in total. The van der Waals surface area contributed by atoms with Crippen LogP contribution in [-0.4, -0.2) is 24.3 Å². The van der Waals surface area contributed by atoms with Crippen LogP contribution in [0.15, 0.2) is 96.8 Å². The first-order valence-corrected chi connectivity index (χ1v) is 12.1. The number of aliphatic hydroxyl groups excluding tert-OH is 1. The standard InChI is InChI=1S/C28H20N.C5H8O2.B.Ir/c1-28(2)24-10-6-5-9-21(24)22-13-11-19(17-25(22)28)26-16-14-23-20-8-4-3-7-18(20)12-15-27(23)29-26;1-4(6)3-5(2)7;;/h3-10,12-17H,1-2H3;3,6H,1-2H3;;/q-1;;;. The molecule has 1 heterocycles. The van der Waals surface area contributed by atoms with Crippen molar-refractivity contribution in [2.24, 2.45) is 0 Å². The number of aromatic nitrogens is 1.